The van der Waals surface area contributed by atoms with Gasteiger partial charge >= 0.3 is 0 Å². The average molecular weight is 275 g/mol. The van der Waals surface area contributed by atoms with Crippen molar-refractivity contribution in [1.29, 1.82) is 0 Å². The second-order valence-electron chi connectivity index (χ2n) is 4.34. The molecule has 2 rings (SSSR count). The number of halogens is 1. The third-order valence-electron chi connectivity index (χ3n) is 2.90. The first kappa shape index (κ1) is 13.4. The smallest absolute Gasteiger partial charge is 0.253 e. The summed E-state index contributed by atoms with van der Waals surface area (Å²) in [4.78, 5) is 12.1. The zero-order valence-electron chi connectivity index (χ0n) is 10.6. The Morgan fingerprint density at radius 3 is 2.63 bits per heavy atom. The van der Waals surface area contributed by atoms with E-state index in [0.717, 1.165) is 5.56 Å². The fourth-order valence-corrected chi connectivity index (χ4v) is 2.04. The molecule has 0 spiro atoms. The molecule has 19 heavy (non-hydrogen) atoms. The molecule has 2 aromatic carbocycles. The summed E-state index contributed by atoms with van der Waals surface area (Å²) < 4.78 is 0. The Bertz CT molecular complexity index is 598. The largest absolute Gasteiger partial charge is 0.398 e. The lowest BCUT2D eigenvalue weighted by molar-refractivity contribution is 0.0941. The highest BCUT2D eigenvalue weighted by atomic mass is 35.5. The van der Waals surface area contributed by atoms with Gasteiger partial charge in [0.25, 0.3) is 5.91 Å². The van der Waals surface area contributed by atoms with Gasteiger partial charge < -0.3 is 11.1 Å². The van der Waals surface area contributed by atoms with Gasteiger partial charge in [-0.3, -0.25) is 4.79 Å². The lowest BCUT2D eigenvalue weighted by atomic mass is 10.1. The van der Waals surface area contributed by atoms with E-state index < -0.39 is 0 Å². The van der Waals surface area contributed by atoms with Gasteiger partial charge in [0.05, 0.1) is 11.6 Å². The number of rotatable bonds is 3. The number of carbonyl (C=O) groups is 1. The molecule has 2 aromatic rings. The summed E-state index contributed by atoms with van der Waals surface area (Å²) in [5.41, 5.74) is 7.69. The van der Waals surface area contributed by atoms with Crippen LogP contribution in [0.15, 0.2) is 48.5 Å². The van der Waals surface area contributed by atoms with Crippen LogP contribution in [0.2, 0.25) is 5.02 Å². The van der Waals surface area contributed by atoms with Crippen LogP contribution in [0.5, 0.6) is 0 Å². The van der Waals surface area contributed by atoms with Crippen molar-refractivity contribution in [3.63, 3.8) is 0 Å². The maximum Gasteiger partial charge on any atom is 0.253 e. The molecule has 0 heterocycles. The number of nitrogen functional groups attached to an aromatic ring is 1. The first-order valence-corrected chi connectivity index (χ1v) is 6.36. The van der Waals surface area contributed by atoms with Crippen LogP contribution in [0.4, 0.5) is 5.69 Å². The van der Waals surface area contributed by atoms with Gasteiger partial charge in [-0.05, 0) is 36.8 Å². The van der Waals surface area contributed by atoms with Crippen LogP contribution in [0.25, 0.3) is 0 Å². The number of para-hydroxylation sites is 1. The number of anilines is 1. The van der Waals surface area contributed by atoms with Gasteiger partial charge in [-0.2, -0.15) is 0 Å². The predicted octanol–water partition coefficient (Wildman–Crippen LogP) is 3.41. The number of carbonyl (C=O) groups excluding carboxylic acids is 1. The topological polar surface area (TPSA) is 55.1 Å². The van der Waals surface area contributed by atoms with Gasteiger partial charge in [0, 0.05) is 10.7 Å². The third-order valence-corrected chi connectivity index (χ3v) is 3.14. The van der Waals surface area contributed by atoms with Crippen molar-refractivity contribution in [3.05, 3.63) is 64.7 Å². The van der Waals surface area contributed by atoms with E-state index >= 15 is 0 Å². The fraction of sp³-hybridized carbons (Fsp3) is 0.133. The molecule has 1 atom stereocenters. The van der Waals surface area contributed by atoms with Gasteiger partial charge in [-0.15, -0.1) is 0 Å². The van der Waals surface area contributed by atoms with Crippen molar-refractivity contribution >= 4 is 23.2 Å². The lowest BCUT2D eigenvalue weighted by Gasteiger charge is -2.15. The molecule has 0 aromatic heterocycles. The number of nitrogens with two attached hydrogens (primary N) is 1. The molecule has 3 nitrogen and oxygen atoms in total. The number of nitrogens with one attached hydrogen (secondary N) is 1. The normalized spacial score (nSPS) is 11.9. The van der Waals surface area contributed by atoms with Crippen LogP contribution in [-0.2, 0) is 0 Å². The summed E-state index contributed by atoms with van der Waals surface area (Å²) in [7, 11) is 0. The quantitative estimate of drug-likeness (QED) is 0.843. The highest BCUT2D eigenvalue weighted by Gasteiger charge is 2.13. The van der Waals surface area contributed by atoms with E-state index in [1.165, 1.54) is 0 Å². The summed E-state index contributed by atoms with van der Waals surface area (Å²) >= 11 is 5.93. The van der Waals surface area contributed by atoms with Crippen molar-refractivity contribution in [2.45, 2.75) is 13.0 Å². The number of hydrogen-bond acceptors (Lipinski definition) is 2. The monoisotopic (exact) mass is 274 g/mol. The Balaban J connectivity index is 2.13. The molecule has 0 aliphatic heterocycles. The highest BCUT2D eigenvalue weighted by Crippen LogP contribution is 2.18. The molecular formula is C15H15ClN2O. The average Bonchev–Trinajstić information content (AvgIpc) is 2.39. The summed E-state index contributed by atoms with van der Waals surface area (Å²) in [6.45, 7) is 1.91. The maximum atomic E-state index is 12.1. The minimum Gasteiger partial charge on any atom is -0.398 e. The summed E-state index contributed by atoms with van der Waals surface area (Å²) in [6.07, 6.45) is 0. The fourth-order valence-electron chi connectivity index (χ4n) is 1.84. The first-order chi connectivity index (χ1) is 9.08. The van der Waals surface area contributed by atoms with Crippen LogP contribution in [0, 0.1) is 0 Å². The van der Waals surface area contributed by atoms with Crippen molar-refractivity contribution in [3.8, 4) is 0 Å². The standard InChI is InChI=1S/C15H15ClN2O/c1-10(11-5-4-6-12(16)9-11)18-15(19)13-7-2-3-8-14(13)17/h2-10H,17H2,1H3,(H,18,19). The molecule has 0 bridgehead atoms. The highest BCUT2D eigenvalue weighted by molar-refractivity contribution is 6.30. The van der Waals surface area contributed by atoms with Crippen LogP contribution < -0.4 is 11.1 Å². The van der Waals surface area contributed by atoms with Gasteiger partial charge in [-0.1, -0.05) is 35.9 Å². The SMILES string of the molecule is CC(NC(=O)c1ccccc1N)c1cccc(Cl)c1. The van der Waals surface area contributed by atoms with Crippen molar-refractivity contribution in [2.75, 3.05) is 5.73 Å². The zero-order chi connectivity index (χ0) is 13.8. The second-order valence-corrected chi connectivity index (χ2v) is 4.77. The van der Waals surface area contributed by atoms with Gasteiger partial charge in [-0.25, -0.2) is 0 Å². The molecule has 3 N–H and O–H groups in total. The second kappa shape index (κ2) is 5.76. The van der Waals surface area contributed by atoms with Crippen molar-refractivity contribution < 1.29 is 4.79 Å². The third kappa shape index (κ3) is 3.26. The number of amides is 1. The molecule has 0 fully saturated rings. The molecule has 98 valence electrons. The Morgan fingerprint density at radius 1 is 1.21 bits per heavy atom. The Morgan fingerprint density at radius 2 is 1.95 bits per heavy atom. The summed E-state index contributed by atoms with van der Waals surface area (Å²) in [5.74, 6) is -0.189. The van der Waals surface area contributed by atoms with E-state index in [0.29, 0.717) is 16.3 Å². The molecule has 0 saturated carbocycles. The van der Waals surface area contributed by atoms with Gasteiger partial charge in [0.2, 0.25) is 0 Å². The van der Waals surface area contributed by atoms with Crippen LogP contribution >= 0.6 is 11.6 Å². The minimum absolute atomic E-state index is 0.134. The van der Waals surface area contributed by atoms with E-state index in [1.807, 2.05) is 25.1 Å². The molecular weight excluding hydrogens is 260 g/mol. The molecule has 0 aliphatic rings. The molecule has 0 radical (unpaired) electrons. The zero-order valence-corrected chi connectivity index (χ0v) is 11.3. The lowest BCUT2D eigenvalue weighted by Crippen LogP contribution is -2.27. The Hall–Kier alpha value is -2.00. The van der Waals surface area contributed by atoms with Crippen LogP contribution in [-0.4, -0.2) is 5.91 Å². The Labute approximate surface area is 117 Å². The van der Waals surface area contributed by atoms with E-state index in [2.05, 4.69) is 5.32 Å². The maximum absolute atomic E-state index is 12.1. The molecule has 1 unspecified atom stereocenters. The van der Waals surface area contributed by atoms with E-state index in [9.17, 15) is 4.79 Å². The summed E-state index contributed by atoms with van der Waals surface area (Å²) in [5, 5.41) is 3.55. The molecule has 4 heteroatoms. The summed E-state index contributed by atoms with van der Waals surface area (Å²) in [6, 6.07) is 14.3. The van der Waals surface area contributed by atoms with Gasteiger partial charge in [0.1, 0.15) is 0 Å². The predicted molar refractivity (Wildman–Crippen MR) is 78.2 cm³/mol. The van der Waals surface area contributed by atoms with Crippen molar-refractivity contribution in [2.24, 2.45) is 0 Å². The molecule has 0 aliphatic carbocycles. The minimum atomic E-state index is -0.189. The number of hydrogen-bond donors (Lipinski definition) is 2. The van der Waals surface area contributed by atoms with Crippen LogP contribution in [0.3, 0.4) is 0 Å². The first-order valence-electron chi connectivity index (χ1n) is 5.99. The van der Waals surface area contributed by atoms with E-state index in [-0.39, 0.29) is 11.9 Å². The van der Waals surface area contributed by atoms with Crippen LogP contribution in [0.1, 0.15) is 28.9 Å². The van der Waals surface area contributed by atoms with Gasteiger partial charge in [0.15, 0.2) is 0 Å². The van der Waals surface area contributed by atoms with E-state index in [1.54, 1.807) is 30.3 Å². The Kier molecular flexibility index (Phi) is 4.07. The molecule has 1 amide bonds. The van der Waals surface area contributed by atoms with E-state index in [4.69, 9.17) is 17.3 Å². The van der Waals surface area contributed by atoms with Crippen molar-refractivity contribution in [1.82, 2.24) is 5.32 Å². The number of benzene rings is 2. The molecule has 0 saturated heterocycles.